The molecule has 0 aromatic heterocycles. The highest BCUT2D eigenvalue weighted by Gasteiger charge is 2.28. The lowest BCUT2D eigenvalue weighted by atomic mass is 10.1. The topological polar surface area (TPSA) is 75.7 Å². The minimum Gasteiger partial charge on any atom is -0.492 e. The number of halogens is 1. The average molecular weight is 487 g/mol. The van der Waals surface area contributed by atoms with E-state index in [1.807, 2.05) is 32.0 Å². The third kappa shape index (κ3) is 6.27. The summed E-state index contributed by atoms with van der Waals surface area (Å²) in [4.78, 5) is 12.8. The molecule has 0 aliphatic carbocycles. The SMILES string of the molecule is CCc1ccccc1N(CC(=O)NCCOc1ccc(C)c(Cl)c1)S(=O)(=O)c1ccccc1. The Hall–Kier alpha value is -3.03. The van der Waals surface area contributed by atoms with Gasteiger partial charge in [-0.3, -0.25) is 9.10 Å². The molecule has 0 unspecified atom stereocenters. The second-order valence-electron chi connectivity index (χ2n) is 7.42. The number of nitrogens with zero attached hydrogens (tertiary/aromatic N) is 1. The van der Waals surface area contributed by atoms with E-state index in [4.69, 9.17) is 16.3 Å². The summed E-state index contributed by atoms with van der Waals surface area (Å²) in [7, 11) is -3.94. The molecule has 0 aliphatic rings. The summed E-state index contributed by atoms with van der Waals surface area (Å²) in [6.45, 7) is 3.95. The van der Waals surface area contributed by atoms with Gasteiger partial charge in [-0.2, -0.15) is 0 Å². The van der Waals surface area contributed by atoms with E-state index in [1.54, 1.807) is 42.5 Å². The molecular formula is C25H27ClN2O4S. The molecular weight excluding hydrogens is 460 g/mol. The number of rotatable bonds is 10. The highest BCUT2D eigenvalue weighted by molar-refractivity contribution is 7.92. The van der Waals surface area contributed by atoms with E-state index in [0.29, 0.717) is 22.9 Å². The third-order valence-corrected chi connectivity index (χ3v) is 7.28. The molecule has 0 radical (unpaired) electrons. The molecule has 0 bridgehead atoms. The van der Waals surface area contributed by atoms with E-state index in [2.05, 4.69) is 5.32 Å². The number of sulfonamides is 1. The number of amides is 1. The molecule has 174 valence electrons. The van der Waals surface area contributed by atoms with Crippen LogP contribution in [0.1, 0.15) is 18.1 Å². The maximum absolute atomic E-state index is 13.4. The number of nitrogens with one attached hydrogen (secondary N) is 1. The lowest BCUT2D eigenvalue weighted by Gasteiger charge is -2.26. The van der Waals surface area contributed by atoms with Crippen LogP contribution in [-0.2, 0) is 21.2 Å². The van der Waals surface area contributed by atoms with Gasteiger partial charge in [0.1, 0.15) is 18.9 Å². The maximum Gasteiger partial charge on any atom is 0.264 e. The van der Waals surface area contributed by atoms with E-state index >= 15 is 0 Å². The smallest absolute Gasteiger partial charge is 0.264 e. The van der Waals surface area contributed by atoms with Crippen LogP contribution in [0, 0.1) is 6.92 Å². The predicted molar refractivity (Wildman–Crippen MR) is 131 cm³/mol. The van der Waals surface area contributed by atoms with Crippen LogP contribution in [0.25, 0.3) is 0 Å². The molecule has 3 aromatic rings. The van der Waals surface area contributed by atoms with Crippen LogP contribution >= 0.6 is 11.6 Å². The van der Waals surface area contributed by atoms with E-state index in [9.17, 15) is 13.2 Å². The molecule has 0 fully saturated rings. The summed E-state index contributed by atoms with van der Waals surface area (Å²) in [5.74, 6) is 0.177. The number of ether oxygens (including phenoxy) is 1. The van der Waals surface area contributed by atoms with Crippen LogP contribution in [0.15, 0.2) is 77.7 Å². The number of benzene rings is 3. The van der Waals surface area contributed by atoms with Crippen molar-refractivity contribution < 1.29 is 17.9 Å². The van der Waals surface area contributed by atoms with Crippen LogP contribution in [0.5, 0.6) is 5.75 Å². The molecule has 0 atom stereocenters. The van der Waals surface area contributed by atoms with Crippen LogP contribution in [0.2, 0.25) is 5.02 Å². The van der Waals surface area contributed by atoms with Gasteiger partial charge >= 0.3 is 0 Å². The summed E-state index contributed by atoms with van der Waals surface area (Å²) in [5, 5.41) is 3.34. The molecule has 0 aliphatic heterocycles. The van der Waals surface area contributed by atoms with Crippen LogP contribution in [0.3, 0.4) is 0 Å². The van der Waals surface area contributed by atoms with Crippen molar-refractivity contribution in [2.24, 2.45) is 0 Å². The lowest BCUT2D eigenvalue weighted by Crippen LogP contribution is -2.42. The molecule has 0 saturated carbocycles. The van der Waals surface area contributed by atoms with Gasteiger partial charge in [0.25, 0.3) is 10.0 Å². The minimum absolute atomic E-state index is 0.128. The summed E-state index contributed by atoms with van der Waals surface area (Å²) < 4.78 is 33.6. The largest absolute Gasteiger partial charge is 0.492 e. The molecule has 3 aromatic carbocycles. The first-order valence-electron chi connectivity index (χ1n) is 10.6. The Balaban J connectivity index is 1.72. The van der Waals surface area contributed by atoms with Gasteiger partial charge in [0.2, 0.25) is 5.91 Å². The van der Waals surface area contributed by atoms with E-state index in [0.717, 1.165) is 15.4 Å². The Labute approximate surface area is 200 Å². The minimum atomic E-state index is -3.94. The average Bonchev–Trinajstić information content (AvgIpc) is 2.83. The number of carbonyl (C=O) groups is 1. The van der Waals surface area contributed by atoms with Gasteiger partial charge in [-0.25, -0.2) is 8.42 Å². The Morgan fingerprint density at radius 2 is 1.73 bits per heavy atom. The zero-order valence-corrected chi connectivity index (χ0v) is 20.2. The Morgan fingerprint density at radius 1 is 1.03 bits per heavy atom. The van der Waals surface area contributed by atoms with E-state index < -0.39 is 15.9 Å². The monoisotopic (exact) mass is 486 g/mol. The Kier molecular flexibility index (Phi) is 8.36. The fourth-order valence-corrected chi connectivity index (χ4v) is 4.93. The van der Waals surface area contributed by atoms with Gasteiger partial charge < -0.3 is 10.1 Å². The first-order chi connectivity index (χ1) is 15.8. The zero-order valence-electron chi connectivity index (χ0n) is 18.6. The highest BCUT2D eigenvalue weighted by Crippen LogP contribution is 2.27. The highest BCUT2D eigenvalue weighted by atomic mass is 35.5. The van der Waals surface area contributed by atoms with Gasteiger partial charge in [0.05, 0.1) is 17.1 Å². The molecule has 0 saturated heterocycles. The van der Waals surface area contributed by atoms with Crippen LogP contribution < -0.4 is 14.4 Å². The first-order valence-corrected chi connectivity index (χ1v) is 12.5. The van der Waals surface area contributed by atoms with Crippen molar-refractivity contribution in [2.75, 3.05) is 24.0 Å². The number of carbonyl (C=O) groups excluding carboxylic acids is 1. The van der Waals surface area contributed by atoms with Crippen molar-refractivity contribution in [3.63, 3.8) is 0 Å². The fourth-order valence-electron chi connectivity index (χ4n) is 3.28. The molecule has 33 heavy (non-hydrogen) atoms. The summed E-state index contributed by atoms with van der Waals surface area (Å²) in [5.41, 5.74) is 2.28. The second kappa shape index (κ2) is 11.2. The first kappa shape index (κ1) is 24.6. The number of hydrogen-bond donors (Lipinski definition) is 1. The Bertz CT molecular complexity index is 1200. The van der Waals surface area contributed by atoms with Gasteiger partial charge in [-0.1, -0.05) is 61.0 Å². The second-order valence-corrected chi connectivity index (χ2v) is 9.69. The number of anilines is 1. The molecule has 1 amide bonds. The molecule has 3 rings (SSSR count). The quantitative estimate of drug-likeness (QED) is 0.425. The lowest BCUT2D eigenvalue weighted by molar-refractivity contribution is -0.119. The summed E-state index contributed by atoms with van der Waals surface area (Å²) in [6.07, 6.45) is 0.631. The van der Waals surface area contributed by atoms with Crippen LogP contribution in [-0.4, -0.2) is 34.0 Å². The molecule has 1 N–H and O–H groups in total. The van der Waals surface area contributed by atoms with Crippen molar-refractivity contribution in [3.8, 4) is 5.75 Å². The standard InChI is InChI=1S/C25H27ClN2O4S/c1-3-20-9-7-8-12-24(20)28(33(30,31)22-10-5-4-6-11-22)18-25(29)27-15-16-32-21-14-13-19(2)23(26)17-21/h4-14,17H,3,15-16,18H2,1-2H3,(H,27,29). The van der Waals surface area contributed by atoms with Crippen molar-refractivity contribution in [2.45, 2.75) is 25.2 Å². The maximum atomic E-state index is 13.4. The predicted octanol–water partition coefficient (Wildman–Crippen LogP) is 4.60. The Morgan fingerprint density at radius 3 is 2.42 bits per heavy atom. The number of aryl methyl sites for hydroxylation is 2. The molecule has 0 spiro atoms. The fraction of sp³-hybridized carbons (Fsp3) is 0.240. The summed E-state index contributed by atoms with van der Waals surface area (Å²) in [6, 6.07) is 20.7. The van der Waals surface area contributed by atoms with Gasteiger partial charge in [-0.05, 0) is 54.8 Å². The molecule has 8 heteroatoms. The van der Waals surface area contributed by atoms with Crippen molar-refractivity contribution in [1.29, 1.82) is 0 Å². The van der Waals surface area contributed by atoms with E-state index in [1.165, 1.54) is 12.1 Å². The van der Waals surface area contributed by atoms with Crippen LogP contribution in [0.4, 0.5) is 5.69 Å². The van der Waals surface area contributed by atoms with Crippen molar-refractivity contribution in [1.82, 2.24) is 5.32 Å². The van der Waals surface area contributed by atoms with Crippen molar-refractivity contribution >= 4 is 33.2 Å². The number of para-hydroxylation sites is 1. The van der Waals surface area contributed by atoms with Gasteiger partial charge in [0.15, 0.2) is 0 Å². The molecule has 0 heterocycles. The van der Waals surface area contributed by atoms with Crippen molar-refractivity contribution in [3.05, 3.63) is 88.9 Å². The van der Waals surface area contributed by atoms with Gasteiger partial charge in [-0.15, -0.1) is 0 Å². The summed E-state index contributed by atoms with van der Waals surface area (Å²) >= 11 is 6.10. The number of hydrogen-bond acceptors (Lipinski definition) is 4. The normalized spacial score (nSPS) is 11.1. The van der Waals surface area contributed by atoms with E-state index in [-0.39, 0.29) is 24.6 Å². The zero-order chi connectivity index (χ0) is 23.8. The molecule has 6 nitrogen and oxygen atoms in total. The third-order valence-electron chi connectivity index (χ3n) is 5.10. The van der Waals surface area contributed by atoms with Gasteiger partial charge in [0, 0.05) is 5.02 Å².